The van der Waals surface area contributed by atoms with Crippen LogP contribution in [0.25, 0.3) is 0 Å². The molecular formula is C16H24N2O2. The Hall–Kier alpha value is -1.55. The highest BCUT2D eigenvalue weighted by molar-refractivity contribution is 5.71. The smallest absolute Gasteiger partial charge is 0.338 e. The van der Waals surface area contributed by atoms with E-state index in [0.29, 0.717) is 22.8 Å². The second kappa shape index (κ2) is 5.83. The molecule has 3 atom stereocenters. The van der Waals surface area contributed by atoms with Gasteiger partial charge in [0.1, 0.15) is 0 Å². The summed E-state index contributed by atoms with van der Waals surface area (Å²) in [5.41, 5.74) is 7.73. The molecule has 1 aliphatic carbocycles. The molecule has 1 aromatic carbocycles. The highest BCUT2D eigenvalue weighted by Gasteiger charge is 2.44. The summed E-state index contributed by atoms with van der Waals surface area (Å²) in [5.74, 6) is 1.38. The summed E-state index contributed by atoms with van der Waals surface area (Å²) < 4.78 is 0. The normalized spacial score (nSPS) is 22.6. The molecule has 1 fully saturated rings. The van der Waals surface area contributed by atoms with Crippen LogP contribution in [-0.4, -0.2) is 22.3 Å². The van der Waals surface area contributed by atoms with Gasteiger partial charge in [-0.2, -0.15) is 0 Å². The van der Waals surface area contributed by atoms with Crippen molar-refractivity contribution in [3.05, 3.63) is 35.4 Å². The van der Waals surface area contributed by atoms with Gasteiger partial charge >= 0.3 is 6.03 Å². The van der Waals surface area contributed by atoms with Crippen LogP contribution in [0.1, 0.15) is 44.2 Å². The molecule has 0 bridgehead atoms. The third kappa shape index (κ3) is 3.31. The van der Waals surface area contributed by atoms with E-state index < -0.39 is 6.03 Å². The maximum absolute atomic E-state index is 11.0. The molecule has 0 aromatic heterocycles. The molecule has 0 radical (unpaired) electrons. The van der Waals surface area contributed by atoms with E-state index in [0.717, 1.165) is 12.8 Å². The van der Waals surface area contributed by atoms with E-state index in [9.17, 15) is 10.0 Å². The van der Waals surface area contributed by atoms with Crippen molar-refractivity contribution in [1.82, 2.24) is 5.06 Å². The van der Waals surface area contributed by atoms with Crippen LogP contribution in [0.2, 0.25) is 0 Å². The molecule has 0 heterocycles. The third-order valence-electron chi connectivity index (χ3n) is 4.12. The minimum Gasteiger partial charge on any atom is -0.350 e. The average Bonchev–Trinajstić information content (AvgIpc) is 3.17. The van der Waals surface area contributed by atoms with Crippen molar-refractivity contribution < 1.29 is 10.0 Å². The van der Waals surface area contributed by atoms with Crippen LogP contribution in [0, 0.1) is 11.8 Å². The van der Waals surface area contributed by atoms with Gasteiger partial charge in [-0.05, 0) is 48.6 Å². The molecule has 1 aromatic rings. The van der Waals surface area contributed by atoms with Crippen molar-refractivity contribution in [3.63, 3.8) is 0 Å². The Morgan fingerprint density at radius 3 is 2.45 bits per heavy atom. The van der Waals surface area contributed by atoms with Crippen LogP contribution in [0.3, 0.4) is 0 Å². The summed E-state index contributed by atoms with van der Waals surface area (Å²) in [6.45, 7) is 6.26. The van der Waals surface area contributed by atoms with E-state index in [1.165, 1.54) is 11.1 Å². The van der Waals surface area contributed by atoms with Crippen LogP contribution in [0.15, 0.2) is 24.3 Å². The molecule has 110 valence electrons. The number of urea groups is 1. The second-order valence-corrected chi connectivity index (χ2v) is 6.27. The second-order valence-electron chi connectivity index (χ2n) is 6.27. The number of nitrogens with zero attached hydrogens (tertiary/aromatic N) is 1. The van der Waals surface area contributed by atoms with Crippen molar-refractivity contribution in [2.24, 2.45) is 17.6 Å². The first-order valence-electron chi connectivity index (χ1n) is 7.26. The quantitative estimate of drug-likeness (QED) is 0.641. The SMILES string of the molecule is CC(C)Cc1ccc([C@@H]2C[C@H]2C(C)N(O)C(N)=O)cc1. The first kappa shape index (κ1) is 14.9. The van der Waals surface area contributed by atoms with Crippen LogP contribution >= 0.6 is 0 Å². The van der Waals surface area contributed by atoms with Gasteiger partial charge in [-0.3, -0.25) is 5.21 Å². The van der Waals surface area contributed by atoms with E-state index in [-0.39, 0.29) is 6.04 Å². The number of nitrogens with two attached hydrogens (primary N) is 1. The first-order chi connectivity index (χ1) is 9.40. The lowest BCUT2D eigenvalue weighted by atomic mass is 9.99. The van der Waals surface area contributed by atoms with Gasteiger partial charge in [0.25, 0.3) is 0 Å². The van der Waals surface area contributed by atoms with E-state index in [2.05, 4.69) is 38.1 Å². The van der Waals surface area contributed by atoms with E-state index in [4.69, 9.17) is 5.73 Å². The number of carbonyl (C=O) groups is 1. The Morgan fingerprint density at radius 2 is 1.95 bits per heavy atom. The Labute approximate surface area is 120 Å². The summed E-state index contributed by atoms with van der Waals surface area (Å²) in [4.78, 5) is 11.0. The van der Waals surface area contributed by atoms with Crippen molar-refractivity contribution in [2.75, 3.05) is 0 Å². The number of benzene rings is 1. The minimum absolute atomic E-state index is 0.229. The molecule has 0 spiro atoms. The van der Waals surface area contributed by atoms with Gasteiger partial charge in [0.2, 0.25) is 0 Å². The van der Waals surface area contributed by atoms with Crippen LogP contribution in [-0.2, 0) is 6.42 Å². The standard InChI is InChI=1S/C16H24N2O2/c1-10(2)8-12-4-6-13(7-5-12)15-9-14(15)11(3)18(20)16(17)19/h4-7,10-11,14-15,20H,8-9H2,1-3H3,(H2,17,19)/t11?,14-,15-/m0/s1. The fourth-order valence-corrected chi connectivity index (χ4v) is 2.89. The summed E-state index contributed by atoms with van der Waals surface area (Å²) in [6, 6.07) is 7.69. The van der Waals surface area contributed by atoms with E-state index in [1.54, 1.807) is 0 Å². The van der Waals surface area contributed by atoms with Crippen molar-refractivity contribution >= 4 is 6.03 Å². The van der Waals surface area contributed by atoms with Gasteiger partial charge in [-0.1, -0.05) is 38.1 Å². The highest BCUT2D eigenvalue weighted by Crippen LogP contribution is 2.50. The van der Waals surface area contributed by atoms with Crippen molar-refractivity contribution in [3.8, 4) is 0 Å². The molecule has 2 amide bonds. The van der Waals surface area contributed by atoms with Gasteiger partial charge < -0.3 is 5.73 Å². The predicted molar refractivity (Wildman–Crippen MR) is 78.5 cm³/mol. The average molecular weight is 276 g/mol. The molecule has 4 nitrogen and oxygen atoms in total. The van der Waals surface area contributed by atoms with Crippen LogP contribution in [0.4, 0.5) is 4.79 Å². The molecule has 4 heteroatoms. The monoisotopic (exact) mass is 276 g/mol. The molecule has 3 N–H and O–H groups in total. The summed E-state index contributed by atoms with van der Waals surface area (Å²) >= 11 is 0. The number of amides is 2. The Kier molecular flexibility index (Phi) is 4.33. The lowest BCUT2D eigenvalue weighted by Gasteiger charge is -2.20. The number of hydroxylamine groups is 2. The van der Waals surface area contributed by atoms with E-state index >= 15 is 0 Å². The molecule has 0 aliphatic heterocycles. The molecule has 1 saturated carbocycles. The summed E-state index contributed by atoms with van der Waals surface area (Å²) in [6.07, 6.45) is 2.09. The number of hydrogen-bond donors (Lipinski definition) is 2. The predicted octanol–water partition coefficient (Wildman–Crippen LogP) is 3.15. The van der Waals surface area contributed by atoms with Gasteiger partial charge in [-0.15, -0.1) is 0 Å². The first-order valence-corrected chi connectivity index (χ1v) is 7.26. The van der Waals surface area contributed by atoms with Gasteiger partial charge in [0.15, 0.2) is 0 Å². The summed E-state index contributed by atoms with van der Waals surface area (Å²) in [7, 11) is 0. The van der Waals surface area contributed by atoms with Gasteiger partial charge in [-0.25, -0.2) is 9.86 Å². The van der Waals surface area contributed by atoms with Crippen LogP contribution < -0.4 is 5.73 Å². The number of rotatable bonds is 5. The van der Waals surface area contributed by atoms with E-state index in [1.807, 2.05) is 6.92 Å². The maximum atomic E-state index is 11.0. The largest absolute Gasteiger partial charge is 0.350 e. The molecule has 1 aliphatic rings. The zero-order valence-electron chi connectivity index (χ0n) is 12.4. The van der Waals surface area contributed by atoms with Gasteiger partial charge in [0, 0.05) is 0 Å². The van der Waals surface area contributed by atoms with Crippen molar-refractivity contribution in [1.29, 1.82) is 0 Å². The Bertz CT molecular complexity index is 470. The fourth-order valence-electron chi connectivity index (χ4n) is 2.89. The number of carbonyl (C=O) groups excluding carboxylic acids is 1. The molecule has 0 saturated heterocycles. The minimum atomic E-state index is -0.782. The van der Waals surface area contributed by atoms with Crippen LogP contribution in [0.5, 0.6) is 0 Å². The molecular weight excluding hydrogens is 252 g/mol. The zero-order valence-corrected chi connectivity index (χ0v) is 12.4. The molecule has 20 heavy (non-hydrogen) atoms. The zero-order chi connectivity index (χ0) is 14.9. The summed E-state index contributed by atoms with van der Waals surface area (Å²) in [5, 5.41) is 10.2. The topological polar surface area (TPSA) is 66.6 Å². The van der Waals surface area contributed by atoms with Gasteiger partial charge in [0.05, 0.1) is 6.04 Å². The molecule has 1 unspecified atom stereocenters. The third-order valence-corrected chi connectivity index (χ3v) is 4.12. The van der Waals surface area contributed by atoms with Crippen molar-refractivity contribution in [2.45, 2.75) is 45.6 Å². The number of primary amides is 1. The number of hydrogen-bond acceptors (Lipinski definition) is 2. The fraction of sp³-hybridized carbons (Fsp3) is 0.562. The Balaban J connectivity index is 1.96. The maximum Gasteiger partial charge on any atom is 0.338 e. The molecule has 2 rings (SSSR count). The lowest BCUT2D eigenvalue weighted by molar-refractivity contribution is -0.0760. The lowest BCUT2D eigenvalue weighted by Crippen LogP contribution is -2.40. The highest BCUT2D eigenvalue weighted by atomic mass is 16.5. The Morgan fingerprint density at radius 1 is 1.35 bits per heavy atom.